The zero-order chi connectivity index (χ0) is 25.4. The van der Waals surface area contributed by atoms with Crippen molar-refractivity contribution in [2.24, 2.45) is 0 Å². The molecule has 0 bridgehead atoms. The Hall–Kier alpha value is -4.24. The number of anilines is 1. The molecule has 4 amide bonds. The summed E-state index contributed by atoms with van der Waals surface area (Å²) in [5, 5.41) is 13.3. The number of rotatable bonds is 5. The first-order chi connectivity index (χ1) is 16.6. The van der Waals surface area contributed by atoms with Crippen LogP contribution in [-0.4, -0.2) is 27.3 Å². The highest BCUT2D eigenvalue weighted by molar-refractivity contribution is 6.39. The highest BCUT2D eigenvalue weighted by Crippen LogP contribution is 2.30. The van der Waals surface area contributed by atoms with Gasteiger partial charge in [0.15, 0.2) is 0 Å². The number of carbonyl (C=O) groups is 3. The van der Waals surface area contributed by atoms with Gasteiger partial charge in [-0.05, 0) is 67.8 Å². The molecule has 1 aromatic heterocycles. The summed E-state index contributed by atoms with van der Waals surface area (Å²) in [6.07, 6.45) is 2.24. The molecule has 2 heterocycles. The minimum Gasteiger partial charge on any atom is -0.318 e. The van der Waals surface area contributed by atoms with E-state index in [4.69, 9.17) is 11.6 Å². The second kappa shape index (κ2) is 9.19. The number of nitro benzene ring substituents is 1. The molecule has 1 N–H and O–H groups in total. The van der Waals surface area contributed by atoms with Crippen molar-refractivity contribution in [1.29, 1.82) is 0 Å². The quantitative estimate of drug-likeness (QED) is 0.236. The number of urea groups is 1. The number of amides is 4. The van der Waals surface area contributed by atoms with Crippen molar-refractivity contribution in [2.45, 2.75) is 27.2 Å². The summed E-state index contributed by atoms with van der Waals surface area (Å²) in [7, 11) is 0. The number of nitro groups is 1. The van der Waals surface area contributed by atoms with Gasteiger partial charge in [0, 0.05) is 23.1 Å². The van der Waals surface area contributed by atoms with Crippen LogP contribution in [-0.2, 0) is 16.0 Å². The molecule has 0 atom stereocenters. The van der Waals surface area contributed by atoms with Crippen LogP contribution in [0.5, 0.6) is 0 Å². The average molecular weight is 493 g/mol. The number of barbiturate groups is 1. The van der Waals surface area contributed by atoms with E-state index in [1.54, 1.807) is 35.8 Å². The fraction of sp³-hybridized carbons (Fsp3) is 0.160. The van der Waals surface area contributed by atoms with Crippen LogP contribution < -0.4 is 10.2 Å². The van der Waals surface area contributed by atoms with Crippen molar-refractivity contribution < 1.29 is 19.3 Å². The third-order valence-corrected chi connectivity index (χ3v) is 6.16. The van der Waals surface area contributed by atoms with Crippen LogP contribution in [0, 0.1) is 24.0 Å². The minimum absolute atomic E-state index is 0.00927. The molecule has 10 heteroatoms. The van der Waals surface area contributed by atoms with E-state index in [-0.39, 0.29) is 16.3 Å². The number of hydrogen-bond donors (Lipinski definition) is 1. The lowest BCUT2D eigenvalue weighted by molar-refractivity contribution is -0.384. The summed E-state index contributed by atoms with van der Waals surface area (Å²) >= 11 is 6.08. The number of aryl methyl sites for hydroxylation is 2. The SMILES string of the molecule is CCc1ccc(N2C(=O)NC(=O)/C(=C/c3cc(C)n(-c4ccc([N+](=O)[O-])c(Cl)c4)c3C)C2=O)cc1. The molecule has 3 aromatic rings. The van der Waals surface area contributed by atoms with Crippen LogP contribution in [0.2, 0.25) is 5.02 Å². The molecular formula is C25H21ClN4O5. The van der Waals surface area contributed by atoms with Crippen molar-refractivity contribution in [3.05, 3.63) is 91.8 Å². The third-order valence-electron chi connectivity index (χ3n) is 5.86. The number of hydrogen-bond acceptors (Lipinski definition) is 5. The van der Waals surface area contributed by atoms with E-state index >= 15 is 0 Å². The highest BCUT2D eigenvalue weighted by atomic mass is 35.5. The molecule has 1 fully saturated rings. The molecule has 1 saturated heterocycles. The summed E-state index contributed by atoms with van der Waals surface area (Å²) < 4.78 is 1.81. The molecular weight excluding hydrogens is 472 g/mol. The van der Waals surface area contributed by atoms with Crippen LogP contribution in [0.3, 0.4) is 0 Å². The predicted molar refractivity (Wildman–Crippen MR) is 132 cm³/mol. The minimum atomic E-state index is -0.813. The Kier molecular flexibility index (Phi) is 6.27. The van der Waals surface area contributed by atoms with Gasteiger partial charge >= 0.3 is 6.03 Å². The fourth-order valence-electron chi connectivity index (χ4n) is 4.04. The van der Waals surface area contributed by atoms with Gasteiger partial charge in [0.2, 0.25) is 0 Å². The normalized spacial score (nSPS) is 15.0. The van der Waals surface area contributed by atoms with E-state index in [9.17, 15) is 24.5 Å². The van der Waals surface area contributed by atoms with Gasteiger partial charge < -0.3 is 4.57 Å². The van der Waals surface area contributed by atoms with Crippen LogP contribution in [0.15, 0.2) is 54.1 Å². The Balaban J connectivity index is 1.74. The van der Waals surface area contributed by atoms with Crippen LogP contribution in [0.1, 0.15) is 29.4 Å². The van der Waals surface area contributed by atoms with Crippen molar-refractivity contribution in [2.75, 3.05) is 4.90 Å². The second-order valence-electron chi connectivity index (χ2n) is 8.03. The summed E-state index contributed by atoms with van der Waals surface area (Å²) in [5.41, 5.74) is 3.60. The van der Waals surface area contributed by atoms with Crippen LogP contribution in [0.25, 0.3) is 11.8 Å². The van der Waals surface area contributed by atoms with E-state index in [1.807, 2.05) is 26.0 Å². The fourth-order valence-corrected chi connectivity index (χ4v) is 4.29. The molecule has 0 spiro atoms. The molecule has 1 aliphatic heterocycles. The maximum absolute atomic E-state index is 13.2. The zero-order valence-electron chi connectivity index (χ0n) is 19.2. The van der Waals surface area contributed by atoms with Crippen LogP contribution >= 0.6 is 11.6 Å². The molecule has 0 unspecified atom stereocenters. The highest BCUT2D eigenvalue weighted by Gasteiger charge is 2.37. The van der Waals surface area contributed by atoms with Crippen LogP contribution in [0.4, 0.5) is 16.2 Å². The molecule has 0 aliphatic carbocycles. The lowest BCUT2D eigenvalue weighted by atomic mass is 10.1. The molecule has 178 valence electrons. The number of imide groups is 2. The van der Waals surface area contributed by atoms with Gasteiger partial charge in [0.05, 0.1) is 10.6 Å². The number of nitrogens with zero attached hydrogens (tertiary/aromatic N) is 3. The number of benzene rings is 2. The number of nitrogens with one attached hydrogen (secondary N) is 1. The zero-order valence-corrected chi connectivity index (χ0v) is 19.9. The largest absolute Gasteiger partial charge is 0.335 e. The summed E-state index contributed by atoms with van der Waals surface area (Å²) in [6, 6.07) is 12.3. The van der Waals surface area contributed by atoms with E-state index < -0.39 is 22.8 Å². The Morgan fingerprint density at radius 1 is 1.03 bits per heavy atom. The first-order valence-electron chi connectivity index (χ1n) is 10.8. The van der Waals surface area contributed by atoms with Crippen molar-refractivity contribution in [3.63, 3.8) is 0 Å². The predicted octanol–water partition coefficient (Wildman–Crippen LogP) is 4.88. The molecule has 9 nitrogen and oxygen atoms in total. The maximum Gasteiger partial charge on any atom is 0.335 e. The molecule has 35 heavy (non-hydrogen) atoms. The monoisotopic (exact) mass is 492 g/mol. The molecule has 0 saturated carbocycles. The topological polar surface area (TPSA) is 115 Å². The lowest BCUT2D eigenvalue weighted by Gasteiger charge is -2.26. The first kappa shape index (κ1) is 23.9. The van der Waals surface area contributed by atoms with Gasteiger partial charge in [-0.1, -0.05) is 30.7 Å². The van der Waals surface area contributed by atoms with Gasteiger partial charge in [0.1, 0.15) is 10.6 Å². The lowest BCUT2D eigenvalue weighted by Crippen LogP contribution is -2.54. The summed E-state index contributed by atoms with van der Waals surface area (Å²) in [5.74, 6) is -1.52. The van der Waals surface area contributed by atoms with Gasteiger partial charge in [-0.15, -0.1) is 0 Å². The van der Waals surface area contributed by atoms with Crippen molar-refractivity contribution >= 4 is 46.9 Å². The van der Waals surface area contributed by atoms with Gasteiger partial charge in [0.25, 0.3) is 17.5 Å². The number of halogens is 1. The van der Waals surface area contributed by atoms with Gasteiger partial charge in [-0.3, -0.25) is 25.0 Å². The molecule has 4 rings (SSSR count). The Labute approximate surface area is 205 Å². The number of carbonyl (C=O) groups excluding carboxylic acids is 3. The smallest absolute Gasteiger partial charge is 0.318 e. The van der Waals surface area contributed by atoms with E-state index in [0.29, 0.717) is 22.6 Å². The standard InChI is InChI=1S/C25H21ClN4O5/c1-4-16-5-7-18(8-6-16)29-24(32)20(23(31)27-25(29)33)12-17-11-14(2)28(15(17)3)19-9-10-22(30(34)35)21(26)13-19/h5-13H,4H2,1-3H3,(H,27,31,33)/b20-12-. The third kappa shape index (κ3) is 4.33. The Morgan fingerprint density at radius 3 is 2.29 bits per heavy atom. The van der Waals surface area contributed by atoms with Gasteiger partial charge in [-0.25, -0.2) is 9.69 Å². The number of aromatic nitrogens is 1. The van der Waals surface area contributed by atoms with E-state index in [1.165, 1.54) is 18.2 Å². The van der Waals surface area contributed by atoms with Gasteiger partial charge in [-0.2, -0.15) is 0 Å². The molecule has 2 aromatic carbocycles. The Bertz CT molecular complexity index is 1420. The second-order valence-corrected chi connectivity index (χ2v) is 8.44. The molecule has 1 aliphatic rings. The van der Waals surface area contributed by atoms with E-state index in [0.717, 1.165) is 22.6 Å². The summed E-state index contributed by atoms with van der Waals surface area (Å²) in [4.78, 5) is 49.7. The molecule has 0 radical (unpaired) electrons. The maximum atomic E-state index is 13.2. The Morgan fingerprint density at radius 2 is 1.69 bits per heavy atom. The summed E-state index contributed by atoms with van der Waals surface area (Å²) in [6.45, 7) is 5.60. The average Bonchev–Trinajstić information content (AvgIpc) is 3.09. The van der Waals surface area contributed by atoms with Crippen molar-refractivity contribution in [3.8, 4) is 5.69 Å². The van der Waals surface area contributed by atoms with Crippen molar-refractivity contribution in [1.82, 2.24) is 9.88 Å². The van der Waals surface area contributed by atoms with E-state index in [2.05, 4.69) is 5.32 Å². The first-order valence-corrected chi connectivity index (χ1v) is 11.1.